The van der Waals surface area contributed by atoms with Gasteiger partial charge in [0.05, 0.1) is 23.4 Å². The van der Waals surface area contributed by atoms with Crippen molar-refractivity contribution in [2.75, 3.05) is 0 Å². The summed E-state index contributed by atoms with van der Waals surface area (Å²) in [6.07, 6.45) is 2.26. The minimum Gasteiger partial charge on any atom is -0.407 e. The summed E-state index contributed by atoms with van der Waals surface area (Å²) in [5.41, 5.74) is -0.149. The van der Waals surface area contributed by atoms with Crippen LogP contribution in [0.3, 0.4) is 0 Å². The topological polar surface area (TPSA) is 36.9 Å². The van der Waals surface area contributed by atoms with Crippen molar-refractivity contribution in [1.82, 2.24) is 0 Å². The molecule has 4 aliphatic rings. The first-order chi connectivity index (χ1) is 12.7. The third-order valence-electron chi connectivity index (χ3n) is 10.5. The first-order valence-corrected chi connectivity index (χ1v) is 11.4. The van der Waals surface area contributed by atoms with Crippen LogP contribution in [0.1, 0.15) is 82.1 Å². The van der Waals surface area contributed by atoms with Crippen molar-refractivity contribution in [3.8, 4) is 0 Å². The molecular formula is C22H40B2O4. The Labute approximate surface area is 173 Å². The molecule has 0 aromatic carbocycles. The maximum Gasteiger partial charge on any atom is 0.488 e. The third-order valence-corrected chi connectivity index (χ3v) is 10.5. The van der Waals surface area contributed by atoms with Crippen molar-refractivity contribution in [2.45, 2.75) is 105 Å². The highest BCUT2D eigenvalue weighted by Gasteiger charge is 2.68. The molecule has 2 heterocycles. The summed E-state index contributed by atoms with van der Waals surface area (Å²) in [4.78, 5) is 0. The van der Waals surface area contributed by atoms with Crippen molar-refractivity contribution >= 4 is 14.0 Å². The van der Waals surface area contributed by atoms with Crippen LogP contribution >= 0.6 is 0 Å². The van der Waals surface area contributed by atoms with E-state index in [9.17, 15) is 0 Å². The smallest absolute Gasteiger partial charge is 0.407 e. The van der Waals surface area contributed by atoms with Crippen molar-refractivity contribution in [1.29, 1.82) is 0 Å². The molecule has 4 rings (SSSR count). The zero-order valence-electron chi connectivity index (χ0n) is 19.7. The van der Waals surface area contributed by atoms with Crippen molar-refractivity contribution in [3.63, 3.8) is 0 Å². The standard InChI is InChI=1S/C22H40B2O4/c1-13-11-17-21(9,15(3)19(13,5)6)27-23(25-17)24-26-18-12-14(2)20(7,8)16(4)22(18,10)28-24/h13-18H,11-12H2,1-10H3/t13?,14?,15-,16?,17?,18?,21-,22-/m0/s1. The Hall–Kier alpha value is -0.0301. The van der Waals surface area contributed by atoms with E-state index in [1.54, 1.807) is 0 Å². The van der Waals surface area contributed by atoms with Crippen LogP contribution in [-0.4, -0.2) is 37.4 Å². The molecule has 0 aromatic rings. The van der Waals surface area contributed by atoms with Gasteiger partial charge in [0.25, 0.3) is 0 Å². The fraction of sp³-hybridized carbons (Fsp3) is 1.00. The first-order valence-electron chi connectivity index (χ1n) is 11.4. The minimum atomic E-state index is -0.438. The molecule has 2 saturated heterocycles. The lowest BCUT2D eigenvalue weighted by Crippen LogP contribution is -2.56. The molecular weight excluding hydrogens is 350 g/mol. The highest BCUT2D eigenvalue weighted by Crippen LogP contribution is 2.57. The Balaban J connectivity index is 1.55. The highest BCUT2D eigenvalue weighted by atomic mass is 16.7. The Kier molecular flexibility index (Phi) is 4.73. The second-order valence-corrected chi connectivity index (χ2v) is 11.9. The van der Waals surface area contributed by atoms with Gasteiger partial charge in [-0.3, -0.25) is 0 Å². The molecule has 0 aromatic heterocycles. The van der Waals surface area contributed by atoms with E-state index in [1.165, 1.54) is 0 Å². The zero-order chi connectivity index (χ0) is 20.9. The molecule has 8 atom stereocenters. The van der Waals surface area contributed by atoms with E-state index in [4.69, 9.17) is 18.6 Å². The molecule has 0 spiro atoms. The molecule has 28 heavy (non-hydrogen) atoms. The predicted molar refractivity (Wildman–Crippen MR) is 114 cm³/mol. The zero-order valence-corrected chi connectivity index (χ0v) is 19.7. The van der Waals surface area contributed by atoms with Crippen molar-refractivity contribution < 1.29 is 18.6 Å². The van der Waals surface area contributed by atoms with Gasteiger partial charge in [-0.15, -0.1) is 0 Å². The van der Waals surface area contributed by atoms with Gasteiger partial charge in [0.2, 0.25) is 0 Å². The van der Waals surface area contributed by atoms with Gasteiger partial charge in [0.1, 0.15) is 0 Å². The number of hydrogen-bond donors (Lipinski definition) is 0. The Morgan fingerprint density at radius 2 is 0.929 bits per heavy atom. The maximum absolute atomic E-state index is 6.63. The van der Waals surface area contributed by atoms with Gasteiger partial charge in [0.15, 0.2) is 0 Å². The van der Waals surface area contributed by atoms with Crippen molar-refractivity contribution in [2.24, 2.45) is 34.5 Å². The second kappa shape index (κ2) is 6.24. The number of rotatable bonds is 1. The van der Waals surface area contributed by atoms with Crippen LogP contribution in [0, 0.1) is 34.5 Å². The minimum absolute atomic E-state index is 0.103. The van der Waals surface area contributed by atoms with Gasteiger partial charge in [0, 0.05) is 0 Å². The van der Waals surface area contributed by atoms with Crippen LogP contribution < -0.4 is 0 Å². The van der Waals surface area contributed by atoms with E-state index in [2.05, 4.69) is 69.2 Å². The molecule has 5 unspecified atom stereocenters. The SMILES string of the molecule is CC1CC2OB(B3OC4CC(C)C(C)(C)[C@H](C)[C@]4(C)O3)O[C@@]2(C)C(C)C1(C)C. The van der Waals surface area contributed by atoms with E-state index in [0.717, 1.165) is 12.8 Å². The second-order valence-electron chi connectivity index (χ2n) is 11.9. The Morgan fingerprint density at radius 1 is 0.607 bits per heavy atom. The summed E-state index contributed by atoms with van der Waals surface area (Å²) < 4.78 is 26.2. The molecule has 4 fully saturated rings. The molecule has 2 saturated carbocycles. The lowest BCUT2D eigenvalue weighted by molar-refractivity contribution is -0.110. The third kappa shape index (κ3) is 2.66. The summed E-state index contributed by atoms with van der Waals surface area (Å²) >= 11 is 0. The first kappa shape index (κ1) is 21.2. The van der Waals surface area contributed by atoms with Crippen molar-refractivity contribution in [3.05, 3.63) is 0 Å². The van der Waals surface area contributed by atoms with Crippen LogP contribution in [0.25, 0.3) is 0 Å². The number of hydrogen-bond acceptors (Lipinski definition) is 4. The molecule has 0 radical (unpaired) electrons. The molecule has 2 aliphatic heterocycles. The van der Waals surface area contributed by atoms with Gasteiger partial charge in [-0.2, -0.15) is 0 Å². The molecule has 0 amide bonds. The van der Waals surface area contributed by atoms with Crippen LogP contribution in [-0.2, 0) is 18.6 Å². The predicted octanol–water partition coefficient (Wildman–Crippen LogP) is 4.79. The fourth-order valence-electron chi connectivity index (χ4n) is 6.46. The van der Waals surface area contributed by atoms with Gasteiger partial charge in [-0.05, 0) is 61.2 Å². The van der Waals surface area contributed by atoms with Crippen LogP contribution in [0.15, 0.2) is 0 Å². The van der Waals surface area contributed by atoms with E-state index >= 15 is 0 Å². The van der Waals surface area contributed by atoms with E-state index < -0.39 is 14.0 Å². The molecule has 4 nitrogen and oxygen atoms in total. The van der Waals surface area contributed by atoms with Gasteiger partial charge in [-0.1, -0.05) is 55.4 Å². The summed E-state index contributed by atoms with van der Waals surface area (Å²) in [6.45, 7) is 23.2. The molecule has 0 bridgehead atoms. The Morgan fingerprint density at radius 3 is 1.25 bits per heavy atom. The Bertz CT molecular complexity index is 586. The average molecular weight is 390 g/mol. The lowest BCUT2D eigenvalue weighted by atomic mass is 9.49. The summed E-state index contributed by atoms with van der Waals surface area (Å²) in [6, 6.07) is 0. The van der Waals surface area contributed by atoms with Gasteiger partial charge in [-0.25, -0.2) is 0 Å². The largest absolute Gasteiger partial charge is 0.488 e. The lowest BCUT2D eigenvalue weighted by Gasteiger charge is -2.53. The number of fused-ring (bicyclic) bond motifs is 2. The molecule has 158 valence electrons. The van der Waals surface area contributed by atoms with Gasteiger partial charge >= 0.3 is 14.0 Å². The fourth-order valence-corrected chi connectivity index (χ4v) is 6.46. The quantitative estimate of drug-likeness (QED) is 0.604. The average Bonchev–Trinajstić information content (AvgIpc) is 3.11. The maximum atomic E-state index is 6.63. The molecule has 2 aliphatic carbocycles. The normalized spacial score (nSPS) is 52.5. The summed E-state index contributed by atoms with van der Waals surface area (Å²) in [7, 11) is -0.877. The van der Waals surface area contributed by atoms with Crippen LogP contribution in [0.5, 0.6) is 0 Å². The van der Waals surface area contributed by atoms with Crippen LogP contribution in [0.2, 0.25) is 0 Å². The molecule has 6 heteroatoms. The molecule has 0 N–H and O–H groups in total. The van der Waals surface area contributed by atoms with E-state index in [1.807, 2.05) is 0 Å². The summed E-state index contributed by atoms with van der Waals surface area (Å²) in [5, 5.41) is 0. The van der Waals surface area contributed by atoms with Gasteiger partial charge < -0.3 is 18.6 Å². The van der Waals surface area contributed by atoms with E-state index in [-0.39, 0.29) is 34.2 Å². The highest BCUT2D eigenvalue weighted by molar-refractivity contribution is 7.11. The monoisotopic (exact) mass is 390 g/mol. The van der Waals surface area contributed by atoms with Crippen LogP contribution in [0.4, 0.5) is 0 Å². The summed E-state index contributed by atoms with van der Waals surface area (Å²) in [5.74, 6) is 1.98. The van der Waals surface area contributed by atoms with E-state index in [0.29, 0.717) is 23.7 Å².